The summed E-state index contributed by atoms with van der Waals surface area (Å²) in [5.74, 6) is 0.768. The highest BCUT2D eigenvalue weighted by molar-refractivity contribution is 6.35. The minimum absolute atomic E-state index is 0.717. The molecule has 0 atom stereocenters. The summed E-state index contributed by atoms with van der Waals surface area (Å²) < 4.78 is 0. The van der Waals surface area contributed by atoms with Crippen LogP contribution in [0.15, 0.2) is 18.2 Å². The Bertz CT molecular complexity index is 332. The number of hydrogen-bond acceptors (Lipinski definition) is 1. The van der Waals surface area contributed by atoms with E-state index in [2.05, 4.69) is 5.32 Å². The molecular formula is C12H15Cl2N. The molecule has 82 valence electrons. The first-order chi connectivity index (χ1) is 7.25. The van der Waals surface area contributed by atoms with Gasteiger partial charge in [-0.15, -0.1) is 0 Å². The van der Waals surface area contributed by atoms with Crippen molar-refractivity contribution in [3.63, 3.8) is 0 Å². The molecule has 0 spiro atoms. The van der Waals surface area contributed by atoms with Gasteiger partial charge in [0.25, 0.3) is 0 Å². The van der Waals surface area contributed by atoms with Gasteiger partial charge in [0.1, 0.15) is 0 Å². The van der Waals surface area contributed by atoms with Crippen LogP contribution < -0.4 is 5.32 Å². The number of piperidine rings is 1. The molecule has 2 rings (SSSR count). The predicted molar refractivity (Wildman–Crippen MR) is 65.8 cm³/mol. The lowest BCUT2D eigenvalue weighted by Gasteiger charge is -2.22. The summed E-state index contributed by atoms with van der Waals surface area (Å²) in [6.45, 7) is 2.27. The van der Waals surface area contributed by atoms with Gasteiger partial charge < -0.3 is 5.32 Å². The molecule has 1 nitrogen and oxygen atoms in total. The quantitative estimate of drug-likeness (QED) is 0.839. The zero-order chi connectivity index (χ0) is 10.7. The molecule has 1 saturated heterocycles. The first-order valence-electron chi connectivity index (χ1n) is 5.40. The van der Waals surface area contributed by atoms with Crippen molar-refractivity contribution in [2.45, 2.75) is 19.3 Å². The Balaban J connectivity index is 2.03. The molecule has 3 heteroatoms. The van der Waals surface area contributed by atoms with Crippen LogP contribution in [0.2, 0.25) is 10.0 Å². The molecule has 1 fully saturated rings. The largest absolute Gasteiger partial charge is 0.317 e. The van der Waals surface area contributed by atoms with E-state index in [4.69, 9.17) is 23.2 Å². The molecule has 1 heterocycles. The van der Waals surface area contributed by atoms with Crippen LogP contribution in [-0.4, -0.2) is 13.1 Å². The van der Waals surface area contributed by atoms with Gasteiger partial charge in [-0.25, -0.2) is 0 Å². The molecular weight excluding hydrogens is 229 g/mol. The zero-order valence-corrected chi connectivity index (χ0v) is 10.1. The standard InChI is InChI=1S/C12H15Cl2N/c13-11-2-1-10(12(14)8-11)7-9-3-5-15-6-4-9/h1-2,8-9,15H,3-7H2. The van der Waals surface area contributed by atoms with Gasteiger partial charge >= 0.3 is 0 Å². The maximum atomic E-state index is 6.15. The third-order valence-corrected chi connectivity index (χ3v) is 3.57. The second-order valence-electron chi connectivity index (χ2n) is 4.13. The first-order valence-corrected chi connectivity index (χ1v) is 6.16. The van der Waals surface area contributed by atoms with Gasteiger partial charge in [-0.05, 0) is 56.0 Å². The van der Waals surface area contributed by atoms with Gasteiger partial charge in [0.2, 0.25) is 0 Å². The minimum atomic E-state index is 0.717. The molecule has 0 aromatic heterocycles. The van der Waals surface area contributed by atoms with Crippen molar-refractivity contribution in [3.05, 3.63) is 33.8 Å². The summed E-state index contributed by atoms with van der Waals surface area (Å²) in [6.07, 6.45) is 3.58. The Hall–Kier alpha value is -0.240. The third kappa shape index (κ3) is 3.10. The van der Waals surface area contributed by atoms with Gasteiger partial charge in [-0.1, -0.05) is 29.3 Å². The average Bonchev–Trinajstić information content (AvgIpc) is 2.24. The summed E-state index contributed by atoms with van der Waals surface area (Å²) in [4.78, 5) is 0. The molecule has 0 radical (unpaired) electrons. The van der Waals surface area contributed by atoms with Crippen LogP contribution >= 0.6 is 23.2 Å². The van der Waals surface area contributed by atoms with Gasteiger partial charge in [0, 0.05) is 10.0 Å². The molecule has 1 aliphatic heterocycles. The number of rotatable bonds is 2. The van der Waals surface area contributed by atoms with Crippen LogP contribution in [-0.2, 0) is 6.42 Å². The molecule has 0 aliphatic carbocycles. The van der Waals surface area contributed by atoms with Crippen LogP contribution in [0.4, 0.5) is 0 Å². The third-order valence-electron chi connectivity index (χ3n) is 2.98. The van der Waals surface area contributed by atoms with E-state index < -0.39 is 0 Å². The lowest BCUT2D eigenvalue weighted by molar-refractivity contribution is 0.373. The average molecular weight is 244 g/mol. The molecule has 0 unspecified atom stereocenters. The molecule has 0 saturated carbocycles. The van der Waals surface area contributed by atoms with Crippen LogP contribution in [0.3, 0.4) is 0 Å². The highest BCUT2D eigenvalue weighted by atomic mass is 35.5. The number of halogens is 2. The van der Waals surface area contributed by atoms with E-state index in [9.17, 15) is 0 Å². The number of benzene rings is 1. The van der Waals surface area contributed by atoms with Crippen molar-refractivity contribution in [2.24, 2.45) is 5.92 Å². The number of nitrogens with one attached hydrogen (secondary N) is 1. The molecule has 1 aliphatic rings. The van der Waals surface area contributed by atoms with Gasteiger partial charge in [0.05, 0.1) is 0 Å². The van der Waals surface area contributed by atoms with Crippen LogP contribution in [0.25, 0.3) is 0 Å². The van der Waals surface area contributed by atoms with Crippen molar-refractivity contribution >= 4 is 23.2 Å². The SMILES string of the molecule is Clc1ccc(CC2CCNCC2)c(Cl)c1. The Labute approximate surface area is 101 Å². The van der Waals surface area contributed by atoms with Crippen molar-refractivity contribution < 1.29 is 0 Å². The smallest absolute Gasteiger partial charge is 0.0452 e. The first kappa shape index (κ1) is 11.3. The summed E-state index contributed by atoms with van der Waals surface area (Å²) in [5, 5.41) is 4.89. The monoisotopic (exact) mass is 243 g/mol. The van der Waals surface area contributed by atoms with Crippen LogP contribution in [0, 0.1) is 5.92 Å². The van der Waals surface area contributed by atoms with E-state index in [1.165, 1.54) is 18.4 Å². The van der Waals surface area contributed by atoms with Gasteiger partial charge in [0.15, 0.2) is 0 Å². The normalized spacial score (nSPS) is 18.0. The van der Waals surface area contributed by atoms with Gasteiger partial charge in [-0.2, -0.15) is 0 Å². The van der Waals surface area contributed by atoms with Crippen molar-refractivity contribution in [2.75, 3.05) is 13.1 Å². The highest BCUT2D eigenvalue weighted by Crippen LogP contribution is 2.26. The topological polar surface area (TPSA) is 12.0 Å². The van der Waals surface area contributed by atoms with Crippen molar-refractivity contribution in [1.29, 1.82) is 0 Å². The summed E-state index contributed by atoms with van der Waals surface area (Å²) in [6, 6.07) is 5.80. The van der Waals surface area contributed by atoms with Gasteiger partial charge in [-0.3, -0.25) is 0 Å². The van der Waals surface area contributed by atoms with Crippen LogP contribution in [0.5, 0.6) is 0 Å². The zero-order valence-electron chi connectivity index (χ0n) is 8.60. The van der Waals surface area contributed by atoms with Crippen molar-refractivity contribution in [3.8, 4) is 0 Å². The van der Waals surface area contributed by atoms with E-state index in [-0.39, 0.29) is 0 Å². The molecule has 1 aromatic rings. The summed E-state index contributed by atoms with van der Waals surface area (Å²) in [5.41, 5.74) is 1.23. The van der Waals surface area contributed by atoms with E-state index in [0.717, 1.165) is 30.5 Å². The molecule has 0 amide bonds. The van der Waals surface area contributed by atoms with Crippen LogP contribution in [0.1, 0.15) is 18.4 Å². The maximum absolute atomic E-state index is 6.15. The Kier molecular flexibility index (Phi) is 3.90. The predicted octanol–water partition coefficient (Wildman–Crippen LogP) is 3.54. The second-order valence-corrected chi connectivity index (χ2v) is 4.98. The Morgan fingerprint density at radius 3 is 2.60 bits per heavy atom. The number of hydrogen-bond donors (Lipinski definition) is 1. The molecule has 0 bridgehead atoms. The molecule has 1 aromatic carbocycles. The van der Waals surface area contributed by atoms with E-state index in [0.29, 0.717) is 5.02 Å². The van der Waals surface area contributed by atoms with E-state index in [1.807, 2.05) is 18.2 Å². The van der Waals surface area contributed by atoms with E-state index in [1.54, 1.807) is 0 Å². The lowest BCUT2D eigenvalue weighted by atomic mass is 9.91. The summed E-state index contributed by atoms with van der Waals surface area (Å²) >= 11 is 12.0. The maximum Gasteiger partial charge on any atom is 0.0452 e. The fourth-order valence-electron chi connectivity index (χ4n) is 2.08. The Morgan fingerprint density at radius 1 is 1.20 bits per heavy atom. The highest BCUT2D eigenvalue weighted by Gasteiger charge is 2.14. The minimum Gasteiger partial charge on any atom is -0.317 e. The molecule has 15 heavy (non-hydrogen) atoms. The fourth-order valence-corrected chi connectivity index (χ4v) is 2.57. The summed E-state index contributed by atoms with van der Waals surface area (Å²) in [7, 11) is 0. The van der Waals surface area contributed by atoms with E-state index >= 15 is 0 Å². The lowest BCUT2D eigenvalue weighted by Crippen LogP contribution is -2.28. The molecule has 1 N–H and O–H groups in total. The van der Waals surface area contributed by atoms with Crippen molar-refractivity contribution in [1.82, 2.24) is 5.32 Å². The second kappa shape index (κ2) is 5.20. The Morgan fingerprint density at radius 2 is 1.93 bits per heavy atom. The fraction of sp³-hybridized carbons (Fsp3) is 0.500.